The second-order valence-electron chi connectivity index (χ2n) is 6.27. The van der Waals surface area contributed by atoms with Gasteiger partial charge >= 0.3 is 0 Å². The molecule has 0 saturated carbocycles. The maximum absolute atomic E-state index is 5.91. The van der Waals surface area contributed by atoms with Crippen molar-refractivity contribution >= 4 is 0 Å². The van der Waals surface area contributed by atoms with Crippen molar-refractivity contribution in [3.8, 4) is 0 Å². The molecule has 100 valence electrons. The van der Waals surface area contributed by atoms with Crippen LogP contribution in [0.4, 0.5) is 0 Å². The third-order valence-corrected chi connectivity index (χ3v) is 3.34. The zero-order valence-corrected chi connectivity index (χ0v) is 11.9. The molecule has 0 N–H and O–H groups in total. The Kier molecular flexibility index (Phi) is 4.41. The van der Waals surface area contributed by atoms with Gasteiger partial charge in [0.05, 0.1) is 5.60 Å². The minimum Gasteiger partial charge on any atom is -0.293 e. The van der Waals surface area contributed by atoms with Crippen molar-refractivity contribution < 1.29 is 4.84 Å². The summed E-state index contributed by atoms with van der Waals surface area (Å²) >= 11 is 0. The average Bonchev–Trinajstić information content (AvgIpc) is 2.31. The Hall–Kier alpha value is -0.860. The molecule has 0 aromatic heterocycles. The van der Waals surface area contributed by atoms with E-state index in [4.69, 9.17) is 4.84 Å². The van der Waals surface area contributed by atoms with Crippen LogP contribution in [-0.2, 0) is 11.3 Å². The third kappa shape index (κ3) is 4.43. The first-order valence-electron chi connectivity index (χ1n) is 7.01. The summed E-state index contributed by atoms with van der Waals surface area (Å²) in [5.41, 5.74) is 1.40. The van der Waals surface area contributed by atoms with E-state index in [2.05, 4.69) is 56.2 Å². The summed E-state index contributed by atoms with van der Waals surface area (Å²) in [4.78, 5) is 5.91. The number of hydroxylamine groups is 2. The van der Waals surface area contributed by atoms with Gasteiger partial charge in [-0.1, -0.05) is 30.3 Å². The molecule has 2 rings (SSSR count). The minimum absolute atomic E-state index is 0.0632. The van der Waals surface area contributed by atoms with Crippen LogP contribution in [0, 0.1) is 5.92 Å². The van der Waals surface area contributed by atoms with E-state index in [1.807, 2.05) is 0 Å². The molecule has 2 nitrogen and oxygen atoms in total. The standard InChI is InChI=1S/C16H25NO/c1-16(2,3)18-17-11-9-15(10-12-17)13-14-7-5-4-6-8-14/h4-8,15H,9-13H2,1-3H3. The van der Waals surface area contributed by atoms with Crippen LogP contribution in [0.3, 0.4) is 0 Å². The summed E-state index contributed by atoms with van der Waals surface area (Å²) in [6.07, 6.45) is 3.69. The van der Waals surface area contributed by atoms with Crippen LogP contribution in [0.2, 0.25) is 0 Å². The van der Waals surface area contributed by atoms with Crippen molar-refractivity contribution in [2.45, 2.75) is 45.6 Å². The highest BCUT2D eigenvalue weighted by Crippen LogP contribution is 2.23. The van der Waals surface area contributed by atoms with Crippen molar-refractivity contribution in [2.24, 2.45) is 5.92 Å². The monoisotopic (exact) mass is 247 g/mol. The molecule has 0 amide bonds. The Morgan fingerprint density at radius 1 is 1.11 bits per heavy atom. The van der Waals surface area contributed by atoms with Gasteiger partial charge in [-0.05, 0) is 51.5 Å². The summed E-state index contributed by atoms with van der Waals surface area (Å²) in [5.74, 6) is 0.812. The largest absolute Gasteiger partial charge is 0.293 e. The van der Waals surface area contributed by atoms with E-state index in [0.717, 1.165) is 19.0 Å². The van der Waals surface area contributed by atoms with Crippen molar-refractivity contribution in [1.82, 2.24) is 5.06 Å². The number of hydrogen-bond donors (Lipinski definition) is 0. The lowest BCUT2D eigenvalue weighted by Crippen LogP contribution is -2.39. The van der Waals surface area contributed by atoms with E-state index >= 15 is 0 Å². The first-order valence-corrected chi connectivity index (χ1v) is 7.01. The van der Waals surface area contributed by atoms with Crippen molar-refractivity contribution in [1.29, 1.82) is 0 Å². The van der Waals surface area contributed by atoms with E-state index < -0.39 is 0 Å². The minimum atomic E-state index is -0.0632. The van der Waals surface area contributed by atoms with Gasteiger partial charge in [-0.2, -0.15) is 5.06 Å². The normalized spacial score (nSPS) is 19.1. The second kappa shape index (κ2) is 5.85. The smallest absolute Gasteiger partial charge is 0.0815 e. The molecular formula is C16H25NO. The van der Waals surface area contributed by atoms with Crippen molar-refractivity contribution in [3.05, 3.63) is 35.9 Å². The van der Waals surface area contributed by atoms with Gasteiger partial charge in [-0.15, -0.1) is 0 Å². The Balaban J connectivity index is 1.77. The molecule has 1 aliphatic heterocycles. The van der Waals surface area contributed by atoms with E-state index in [-0.39, 0.29) is 5.60 Å². The average molecular weight is 247 g/mol. The Bertz CT molecular complexity index is 347. The Labute approximate surface area is 111 Å². The maximum atomic E-state index is 5.91. The molecule has 2 heteroatoms. The summed E-state index contributed by atoms with van der Waals surface area (Å²) in [6, 6.07) is 10.8. The predicted octanol–water partition coefficient (Wildman–Crippen LogP) is 3.67. The number of piperidine rings is 1. The van der Waals surface area contributed by atoms with Crippen LogP contribution in [0.1, 0.15) is 39.2 Å². The topological polar surface area (TPSA) is 12.5 Å². The fourth-order valence-corrected chi connectivity index (χ4v) is 2.54. The summed E-state index contributed by atoms with van der Waals surface area (Å²) in [5, 5.41) is 2.14. The van der Waals surface area contributed by atoms with Gasteiger partial charge in [0, 0.05) is 13.1 Å². The number of hydrogen-bond acceptors (Lipinski definition) is 2. The van der Waals surface area contributed by atoms with Crippen LogP contribution < -0.4 is 0 Å². The van der Waals surface area contributed by atoms with E-state index in [9.17, 15) is 0 Å². The van der Waals surface area contributed by atoms with Crippen LogP contribution >= 0.6 is 0 Å². The summed E-state index contributed by atoms with van der Waals surface area (Å²) < 4.78 is 0. The Morgan fingerprint density at radius 2 is 1.72 bits per heavy atom. The van der Waals surface area contributed by atoms with Gasteiger partial charge in [0.1, 0.15) is 0 Å². The summed E-state index contributed by atoms with van der Waals surface area (Å²) in [6.45, 7) is 8.47. The van der Waals surface area contributed by atoms with Crippen LogP contribution in [0.5, 0.6) is 0 Å². The molecule has 0 atom stereocenters. The molecule has 1 fully saturated rings. The maximum Gasteiger partial charge on any atom is 0.0815 e. The number of rotatable bonds is 3. The fourth-order valence-electron chi connectivity index (χ4n) is 2.54. The molecule has 0 bridgehead atoms. The predicted molar refractivity (Wildman–Crippen MR) is 75.3 cm³/mol. The molecule has 1 aromatic rings. The molecule has 18 heavy (non-hydrogen) atoms. The van der Waals surface area contributed by atoms with Gasteiger partial charge in [-0.25, -0.2) is 0 Å². The van der Waals surface area contributed by atoms with Crippen LogP contribution in [0.25, 0.3) is 0 Å². The molecule has 1 aliphatic rings. The van der Waals surface area contributed by atoms with E-state index in [1.54, 1.807) is 0 Å². The molecule has 0 unspecified atom stereocenters. The quantitative estimate of drug-likeness (QED) is 0.808. The second-order valence-corrected chi connectivity index (χ2v) is 6.27. The van der Waals surface area contributed by atoms with Gasteiger partial charge in [0.15, 0.2) is 0 Å². The number of nitrogens with zero attached hydrogens (tertiary/aromatic N) is 1. The summed E-state index contributed by atoms with van der Waals surface area (Å²) in [7, 11) is 0. The lowest BCUT2D eigenvalue weighted by atomic mass is 9.91. The molecule has 1 aromatic carbocycles. The van der Waals surface area contributed by atoms with Gasteiger partial charge in [0.25, 0.3) is 0 Å². The lowest BCUT2D eigenvalue weighted by Gasteiger charge is -2.35. The van der Waals surface area contributed by atoms with Crippen LogP contribution in [-0.4, -0.2) is 23.8 Å². The first-order chi connectivity index (χ1) is 8.53. The highest BCUT2D eigenvalue weighted by molar-refractivity contribution is 5.15. The van der Waals surface area contributed by atoms with E-state index in [1.165, 1.54) is 24.8 Å². The van der Waals surface area contributed by atoms with Crippen molar-refractivity contribution in [2.75, 3.05) is 13.1 Å². The third-order valence-electron chi connectivity index (χ3n) is 3.34. The lowest BCUT2D eigenvalue weighted by molar-refractivity contribution is -0.238. The Morgan fingerprint density at radius 3 is 2.28 bits per heavy atom. The fraction of sp³-hybridized carbons (Fsp3) is 0.625. The number of benzene rings is 1. The molecule has 0 aliphatic carbocycles. The SMILES string of the molecule is CC(C)(C)ON1CCC(Cc2ccccc2)CC1. The van der Waals surface area contributed by atoms with Crippen molar-refractivity contribution in [3.63, 3.8) is 0 Å². The molecule has 1 heterocycles. The zero-order valence-electron chi connectivity index (χ0n) is 11.9. The molecular weight excluding hydrogens is 222 g/mol. The van der Waals surface area contributed by atoms with Gasteiger partial charge < -0.3 is 0 Å². The first kappa shape index (κ1) is 13.6. The van der Waals surface area contributed by atoms with Crippen LogP contribution in [0.15, 0.2) is 30.3 Å². The highest BCUT2D eigenvalue weighted by Gasteiger charge is 2.23. The highest BCUT2D eigenvalue weighted by atomic mass is 16.7. The van der Waals surface area contributed by atoms with Gasteiger partial charge in [-0.3, -0.25) is 4.84 Å². The molecule has 0 spiro atoms. The van der Waals surface area contributed by atoms with E-state index in [0.29, 0.717) is 0 Å². The molecule has 0 radical (unpaired) electrons. The zero-order chi connectivity index (χ0) is 13.0. The van der Waals surface area contributed by atoms with Gasteiger partial charge in [0.2, 0.25) is 0 Å². The molecule has 1 saturated heterocycles.